The van der Waals surface area contributed by atoms with Crippen LogP contribution in [0.15, 0.2) is 0 Å². The fraction of sp³-hybridized carbons (Fsp3) is 0.824. The molecule has 4 heteroatoms. The van der Waals surface area contributed by atoms with Gasteiger partial charge in [0.05, 0.1) is 5.69 Å². The van der Waals surface area contributed by atoms with Gasteiger partial charge in [-0.15, -0.1) is 0 Å². The van der Waals surface area contributed by atoms with Crippen molar-refractivity contribution in [2.24, 2.45) is 5.92 Å². The van der Waals surface area contributed by atoms with E-state index in [4.69, 9.17) is 4.98 Å². The van der Waals surface area contributed by atoms with E-state index in [0.29, 0.717) is 12.0 Å². The number of aromatic nitrogens is 2. The molecule has 2 aliphatic rings. The van der Waals surface area contributed by atoms with Crippen LogP contribution in [-0.2, 0) is 25.9 Å². The van der Waals surface area contributed by atoms with Gasteiger partial charge in [-0.05, 0) is 32.7 Å². The van der Waals surface area contributed by atoms with Gasteiger partial charge in [0.2, 0.25) is 0 Å². The Kier molecular flexibility index (Phi) is 4.36. The SMILES string of the molecule is CC(C)Cc1nc2c(n1CC(C)N(C)C1CC1)CCNC2. The zero-order valence-corrected chi connectivity index (χ0v) is 14.0. The van der Waals surface area contributed by atoms with Crippen molar-refractivity contribution in [2.75, 3.05) is 13.6 Å². The molecule has 1 saturated carbocycles. The summed E-state index contributed by atoms with van der Waals surface area (Å²) in [5.41, 5.74) is 2.78. The number of fused-ring (bicyclic) bond motifs is 1. The molecule has 3 rings (SSSR count). The van der Waals surface area contributed by atoms with Gasteiger partial charge in [-0.2, -0.15) is 0 Å². The van der Waals surface area contributed by atoms with Crippen LogP contribution in [0.25, 0.3) is 0 Å². The summed E-state index contributed by atoms with van der Waals surface area (Å²) in [7, 11) is 2.29. The van der Waals surface area contributed by atoms with E-state index in [2.05, 4.69) is 42.6 Å². The van der Waals surface area contributed by atoms with E-state index in [-0.39, 0.29) is 0 Å². The second-order valence-electron chi connectivity index (χ2n) is 7.30. The summed E-state index contributed by atoms with van der Waals surface area (Å²) in [6.07, 6.45) is 4.98. The average molecular weight is 290 g/mol. The normalized spacial score (nSPS) is 20.1. The topological polar surface area (TPSA) is 33.1 Å². The molecule has 1 aliphatic heterocycles. The zero-order chi connectivity index (χ0) is 15.0. The van der Waals surface area contributed by atoms with Gasteiger partial charge in [-0.25, -0.2) is 4.98 Å². The van der Waals surface area contributed by atoms with Crippen LogP contribution < -0.4 is 5.32 Å². The van der Waals surface area contributed by atoms with E-state index < -0.39 is 0 Å². The molecule has 0 radical (unpaired) electrons. The largest absolute Gasteiger partial charge is 0.330 e. The van der Waals surface area contributed by atoms with Crippen LogP contribution in [0.2, 0.25) is 0 Å². The van der Waals surface area contributed by atoms with E-state index in [0.717, 1.165) is 38.5 Å². The van der Waals surface area contributed by atoms with Gasteiger partial charge in [0.1, 0.15) is 5.82 Å². The van der Waals surface area contributed by atoms with Crippen LogP contribution in [0.1, 0.15) is 50.8 Å². The fourth-order valence-corrected chi connectivity index (χ4v) is 3.40. The molecule has 118 valence electrons. The number of hydrogen-bond donors (Lipinski definition) is 1. The smallest absolute Gasteiger partial charge is 0.109 e. The van der Waals surface area contributed by atoms with Gasteiger partial charge >= 0.3 is 0 Å². The molecule has 1 unspecified atom stereocenters. The van der Waals surface area contributed by atoms with Crippen molar-refractivity contribution < 1.29 is 0 Å². The minimum atomic E-state index is 0.594. The van der Waals surface area contributed by atoms with E-state index in [1.807, 2.05) is 0 Å². The molecular weight excluding hydrogens is 260 g/mol. The first-order valence-corrected chi connectivity index (χ1v) is 8.56. The molecule has 21 heavy (non-hydrogen) atoms. The lowest BCUT2D eigenvalue weighted by molar-refractivity contribution is 0.222. The first kappa shape index (κ1) is 15.0. The van der Waals surface area contributed by atoms with E-state index >= 15 is 0 Å². The Labute approximate surface area is 128 Å². The van der Waals surface area contributed by atoms with Gasteiger partial charge < -0.3 is 9.88 Å². The second-order valence-corrected chi connectivity index (χ2v) is 7.30. The van der Waals surface area contributed by atoms with Crippen molar-refractivity contribution >= 4 is 0 Å². The first-order valence-electron chi connectivity index (χ1n) is 8.56. The number of nitrogens with one attached hydrogen (secondary N) is 1. The lowest BCUT2D eigenvalue weighted by Crippen LogP contribution is -2.36. The van der Waals surface area contributed by atoms with Crippen LogP contribution in [0.4, 0.5) is 0 Å². The Morgan fingerprint density at radius 3 is 2.76 bits per heavy atom. The maximum absolute atomic E-state index is 4.95. The Balaban J connectivity index is 1.82. The summed E-state index contributed by atoms with van der Waals surface area (Å²) in [6.45, 7) is 10.1. The van der Waals surface area contributed by atoms with Crippen molar-refractivity contribution in [3.8, 4) is 0 Å². The van der Waals surface area contributed by atoms with Crippen LogP contribution in [0.3, 0.4) is 0 Å². The van der Waals surface area contributed by atoms with E-state index in [1.54, 1.807) is 0 Å². The van der Waals surface area contributed by atoms with Crippen molar-refractivity contribution in [3.63, 3.8) is 0 Å². The quantitative estimate of drug-likeness (QED) is 0.872. The molecule has 0 saturated heterocycles. The van der Waals surface area contributed by atoms with Gasteiger partial charge in [-0.3, -0.25) is 4.90 Å². The third kappa shape index (κ3) is 3.32. The third-order valence-corrected chi connectivity index (χ3v) is 4.92. The highest BCUT2D eigenvalue weighted by atomic mass is 15.2. The predicted octanol–water partition coefficient (Wildman–Crippen LogP) is 2.21. The molecule has 0 spiro atoms. The van der Waals surface area contributed by atoms with Crippen molar-refractivity contribution in [1.29, 1.82) is 0 Å². The van der Waals surface area contributed by atoms with Crippen LogP contribution >= 0.6 is 0 Å². The number of hydrogen-bond acceptors (Lipinski definition) is 3. The van der Waals surface area contributed by atoms with Crippen molar-refractivity contribution in [3.05, 3.63) is 17.2 Å². The van der Waals surface area contributed by atoms with Gasteiger partial charge in [0, 0.05) is 50.3 Å². The summed E-state index contributed by atoms with van der Waals surface area (Å²) < 4.78 is 2.54. The summed E-state index contributed by atoms with van der Waals surface area (Å²) in [4.78, 5) is 7.51. The molecule has 1 aliphatic carbocycles. The van der Waals surface area contributed by atoms with E-state index in [9.17, 15) is 0 Å². The van der Waals surface area contributed by atoms with Crippen LogP contribution in [-0.4, -0.2) is 40.1 Å². The maximum atomic E-state index is 4.95. The Morgan fingerprint density at radius 1 is 1.33 bits per heavy atom. The highest BCUT2D eigenvalue weighted by Crippen LogP contribution is 2.28. The zero-order valence-electron chi connectivity index (χ0n) is 14.0. The summed E-state index contributed by atoms with van der Waals surface area (Å²) in [6, 6.07) is 1.42. The molecule has 1 atom stereocenters. The highest BCUT2D eigenvalue weighted by molar-refractivity contribution is 5.21. The standard InChI is InChI=1S/C17H30N4/c1-12(2)9-17-19-15-10-18-8-7-16(15)21(17)11-13(3)20(4)14-5-6-14/h12-14,18H,5-11H2,1-4H3. The highest BCUT2D eigenvalue weighted by Gasteiger charge is 2.30. The minimum Gasteiger partial charge on any atom is -0.330 e. The van der Waals surface area contributed by atoms with Gasteiger partial charge in [0.15, 0.2) is 0 Å². The lowest BCUT2D eigenvalue weighted by atomic mass is 10.1. The monoisotopic (exact) mass is 290 g/mol. The summed E-state index contributed by atoms with van der Waals surface area (Å²) in [5, 5.41) is 3.45. The molecule has 0 amide bonds. The Hall–Kier alpha value is -0.870. The molecule has 1 aromatic heterocycles. The average Bonchev–Trinajstić information content (AvgIpc) is 3.23. The van der Waals surface area contributed by atoms with Crippen LogP contribution in [0, 0.1) is 5.92 Å². The Morgan fingerprint density at radius 2 is 2.10 bits per heavy atom. The van der Waals surface area contributed by atoms with Gasteiger partial charge in [-0.1, -0.05) is 13.8 Å². The van der Waals surface area contributed by atoms with Crippen molar-refractivity contribution in [1.82, 2.24) is 19.8 Å². The lowest BCUT2D eigenvalue weighted by Gasteiger charge is -2.27. The molecule has 0 bridgehead atoms. The third-order valence-electron chi connectivity index (χ3n) is 4.92. The number of rotatable bonds is 6. The molecule has 2 heterocycles. The summed E-state index contributed by atoms with van der Waals surface area (Å²) >= 11 is 0. The number of imidazole rings is 1. The number of nitrogens with zero attached hydrogens (tertiary/aromatic N) is 3. The van der Waals surface area contributed by atoms with Crippen molar-refractivity contribution in [2.45, 2.75) is 71.6 Å². The summed E-state index contributed by atoms with van der Waals surface area (Å²) in [5.74, 6) is 1.96. The molecule has 1 fully saturated rings. The predicted molar refractivity (Wildman–Crippen MR) is 86.4 cm³/mol. The van der Waals surface area contributed by atoms with Gasteiger partial charge in [0.25, 0.3) is 0 Å². The first-order chi connectivity index (χ1) is 10.1. The maximum Gasteiger partial charge on any atom is 0.109 e. The molecule has 0 aromatic carbocycles. The fourth-order valence-electron chi connectivity index (χ4n) is 3.40. The van der Waals surface area contributed by atoms with E-state index in [1.165, 1.54) is 30.1 Å². The molecule has 4 nitrogen and oxygen atoms in total. The van der Waals surface area contributed by atoms with Crippen LogP contribution in [0.5, 0.6) is 0 Å². The number of likely N-dealkylation sites (N-methyl/N-ethyl adjacent to an activating group) is 1. The molecule has 1 aromatic rings. The Bertz CT molecular complexity index is 487. The molecular formula is C17H30N4. The second kappa shape index (κ2) is 6.09. The molecule has 1 N–H and O–H groups in total. The minimum absolute atomic E-state index is 0.594.